The van der Waals surface area contributed by atoms with E-state index in [4.69, 9.17) is 0 Å². The predicted molar refractivity (Wildman–Crippen MR) is 53.5 cm³/mol. The fourth-order valence-corrected chi connectivity index (χ4v) is 1.68. The quantitative estimate of drug-likeness (QED) is 0.722. The van der Waals surface area contributed by atoms with Crippen LogP contribution >= 0.6 is 22.6 Å². The SMILES string of the molecule is Cc1cccc2[nH]c(I)nc12. The highest BCUT2D eigenvalue weighted by Crippen LogP contribution is 2.15. The number of rotatable bonds is 0. The van der Waals surface area contributed by atoms with Gasteiger partial charge < -0.3 is 4.98 Å². The summed E-state index contributed by atoms with van der Waals surface area (Å²) in [5.41, 5.74) is 3.42. The zero-order chi connectivity index (χ0) is 7.84. The summed E-state index contributed by atoms with van der Waals surface area (Å²) < 4.78 is 0.951. The lowest BCUT2D eigenvalue weighted by Gasteiger charge is -1.90. The Balaban J connectivity index is 2.90. The van der Waals surface area contributed by atoms with Crippen LogP contribution in [-0.2, 0) is 0 Å². The number of para-hydroxylation sites is 1. The number of hydrogen-bond donors (Lipinski definition) is 1. The summed E-state index contributed by atoms with van der Waals surface area (Å²) >= 11 is 2.18. The molecule has 2 rings (SSSR count). The fraction of sp³-hybridized carbons (Fsp3) is 0.125. The molecule has 2 aromatic rings. The van der Waals surface area contributed by atoms with Crippen LogP contribution in [0.25, 0.3) is 11.0 Å². The van der Waals surface area contributed by atoms with E-state index in [9.17, 15) is 0 Å². The van der Waals surface area contributed by atoms with Crippen molar-refractivity contribution in [3.05, 3.63) is 27.6 Å². The van der Waals surface area contributed by atoms with Crippen LogP contribution in [0.1, 0.15) is 5.56 Å². The van der Waals surface area contributed by atoms with Crippen LogP contribution in [0.2, 0.25) is 0 Å². The standard InChI is InChI=1S/C8H7IN2/c1-5-3-2-4-6-7(5)11-8(9)10-6/h2-4H,1H3,(H,10,11). The molecule has 1 heterocycles. The van der Waals surface area contributed by atoms with E-state index >= 15 is 0 Å². The maximum atomic E-state index is 4.34. The number of halogens is 1. The van der Waals surface area contributed by atoms with Crippen LogP contribution in [0.5, 0.6) is 0 Å². The molecule has 1 aromatic heterocycles. The third-order valence-corrected chi connectivity index (χ3v) is 2.20. The van der Waals surface area contributed by atoms with Gasteiger partial charge in [0.05, 0.1) is 11.0 Å². The largest absolute Gasteiger partial charge is 0.333 e. The minimum Gasteiger partial charge on any atom is -0.333 e. The molecule has 1 aromatic carbocycles. The van der Waals surface area contributed by atoms with E-state index in [1.54, 1.807) is 0 Å². The van der Waals surface area contributed by atoms with Crippen molar-refractivity contribution in [3.8, 4) is 0 Å². The predicted octanol–water partition coefficient (Wildman–Crippen LogP) is 2.48. The lowest BCUT2D eigenvalue weighted by Crippen LogP contribution is -1.74. The smallest absolute Gasteiger partial charge is 0.169 e. The van der Waals surface area contributed by atoms with Gasteiger partial charge in [0.1, 0.15) is 0 Å². The first-order chi connectivity index (χ1) is 5.27. The minimum absolute atomic E-state index is 0.951. The van der Waals surface area contributed by atoms with Gasteiger partial charge in [-0.1, -0.05) is 12.1 Å². The average Bonchev–Trinajstić information content (AvgIpc) is 2.31. The average molecular weight is 258 g/mol. The number of aromatic amines is 1. The number of nitrogens with one attached hydrogen (secondary N) is 1. The van der Waals surface area contributed by atoms with E-state index in [1.807, 2.05) is 12.1 Å². The molecule has 3 heteroatoms. The summed E-state index contributed by atoms with van der Waals surface area (Å²) in [6.45, 7) is 2.07. The second-order valence-electron chi connectivity index (χ2n) is 2.50. The lowest BCUT2D eigenvalue weighted by molar-refractivity contribution is 1.26. The molecular formula is C8H7IN2. The Morgan fingerprint density at radius 3 is 3.00 bits per heavy atom. The maximum absolute atomic E-state index is 4.34. The summed E-state index contributed by atoms with van der Waals surface area (Å²) in [7, 11) is 0. The van der Waals surface area contributed by atoms with Gasteiger partial charge in [0, 0.05) is 0 Å². The number of fused-ring (bicyclic) bond motifs is 1. The van der Waals surface area contributed by atoms with E-state index in [0.717, 1.165) is 14.9 Å². The third-order valence-electron chi connectivity index (χ3n) is 1.69. The molecule has 0 fully saturated rings. The zero-order valence-electron chi connectivity index (χ0n) is 6.06. The van der Waals surface area contributed by atoms with Crippen molar-refractivity contribution in [2.75, 3.05) is 0 Å². The van der Waals surface area contributed by atoms with E-state index in [1.165, 1.54) is 5.56 Å². The van der Waals surface area contributed by atoms with Gasteiger partial charge in [-0.05, 0) is 41.1 Å². The van der Waals surface area contributed by atoms with Gasteiger partial charge >= 0.3 is 0 Å². The number of H-pyrrole nitrogens is 1. The highest BCUT2D eigenvalue weighted by molar-refractivity contribution is 14.1. The molecular weight excluding hydrogens is 251 g/mol. The third kappa shape index (κ3) is 1.13. The molecule has 0 aliphatic heterocycles. The summed E-state index contributed by atoms with van der Waals surface area (Å²) in [6.07, 6.45) is 0. The van der Waals surface area contributed by atoms with E-state index in [0.29, 0.717) is 0 Å². The minimum atomic E-state index is 0.951. The molecule has 0 atom stereocenters. The fourth-order valence-electron chi connectivity index (χ4n) is 1.15. The number of aromatic nitrogens is 2. The van der Waals surface area contributed by atoms with Crippen molar-refractivity contribution >= 4 is 33.6 Å². The summed E-state index contributed by atoms with van der Waals surface area (Å²) in [5.74, 6) is 0. The molecule has 0 saturated heterocycles. The summed E-state index contributed by atoms with van der Waals surface area (Å²) in [4.78, 5) is 7.52. The number of imidazole rings is 1. The second kappa shape index (κ2) is 2.48. The molecule has 56 valence electrons. The molecule has 0 aliphatic rings. The molecule has 0 unspecified atom stereocenters. The van der Waals surface area contributed by atoms with E-state index < -0.39 is 0 Å². The van der Waals surface area contributed by atoms with Crippen molar-refractivity contribution in [2.24, 2.45) is 0 Å². The maximum Gasteiger partial charge on any atom is 0.169 e. The van der Waals surface area contributed by atoms with E-state index in [2.05, 4.69) is 45.5 Å². The molecule has 0 aliphatic carbocycles. The Labute approximate surface area is 78.2 Å². The zero-order valence-corrected chi connectivity index (χ0v) is 8.21. The first kappa shape index (κ1) is 7.09. The Morgan fingerprint density at radius 2 is 2.27 bits per heavy atom. The van der Waals surface area contributed by atoms with Gasteiger partial charge in [-0.25, -0.2) is 4.98 Å². The van der Waals surface area contributed by atoms with Crippen LogP contribution < -0.4 is 0 Å². The van der Waals surface area contributed by atoms with Crippen LogP contribution in [0.4, 0.5) is 0 Å². The highest BCUT2D eigenvalue weighted by Gasteiger charge is 2.00. The molecule has 1 N–H and O–H groups in total. The van der Waals surface area contributed by atoms with Crippen LogP contribution in [0, 0.1) is 10.8 Å². The number of benzene rings is 1. The van der Waals surface area contributed by atoms with Gasteiger partial charge in [0.2, 0.25) is 0 Å². The summed E-state index contributed by atoms with van der Waals surface area (Å²) in [6, 6.07) is 6.14. The van der Waals surface area contributed by atoms with Crippen molar-refractivity contribution < 1.29 is 0 Å². The molecule has 0 radical (unpaired) electrons. The molecule has 11 heavy (non-hydrogen) atoms. The van der Waals surface area contributed by atoms with Crippen molar-refractivity contribution in [1.82, 2.24) is 9.97 Å². The molecule has 0 spiro atoms. The molecule has 2 nitrogen and oxygen atoms in total. The molecule has 0 bridgehead atoms. The van der Waals surface area contributed by atoms with Crippen molar-refractivity contribution in [3.63, 3.8) is 0 Å². The first-order valence-corrected chi connectivity index (χ1v) is 4.46. The lowest BCUT2D eigenvalue weighted by atomic mass is 10.2. The Hall–Kier alpha value is -0.580. The van der Waals surface area contributed by atoms with Gasteiger partial charge in [-0.15, -0.1) is 0 Å². The Kier molecular flexibility index (Phi) is 1.60. The van der Waals surface area contributed by atoms with Crippen LogP contribution in [-0.4, -0.2) is 9.97 Å². The highest BCUT2D eigenvalue weighted by atomic mass is 127. The Bertz CT molecular complexity index is 392. The van der Waals surface area contributed by atoms with Gasteiger partial charge in [0.25, 0.3) is 0 Å². The van der Waals surface area contributed by atoms with E-state index in [-0.39, 0.29) is 0 Å². The second-order valence-corrected chi connectivity index (χ2v) is 3.52. The molecule has 0 saturated carbocycles. The number of nitrogens with zero attached hydrogens (tertiary/aromatic N) is 1. The van der Waals surface area contributed by atoms with Crippen molar-refractivity contribution in [2.45, 2.75) is 6.92 Å². The van der Waals surface area contributed by atoms with Gasteiger partial charge in [0.15, 0.2) is 3.83 Å². The monoisotopic (exact) mass is 258 g/mol. The van der Waals surface area contributed by atoms with Crippen LogP contribution in [0.15, 0.2) is 18.2 Å². The van der Waals surface area contributed by atoms with Gasteiger partial charge in [-0.3, -0.25) is 0 Å². The van der Waals surface area contributed by atoms with Crippen LogP contribution in [0.3, 0.4) is 0 Å². The number of aryl methyl sites for hydroxylation is 1. The number of hydrogen-bond acceptors (Lipinski definition) is 1. The molecule has 0 amide bonds. The van der Waals surface area contributed by atoms with Crippen molar-refractivity contribution in [1.29, 1.82) is 0 Å². The first-order valence-electron chi connectivity index (χ1n) is 3.38. The Morgan fingerprint density at radius 1 is 1.45 bits per heavy atom. The summed E-state index contributed by atoms with van der Waals surface area (Å²) in [5, 5.41) is 0. The topological polar surface area (TPSA) is 28.7 Å². The van der Waals surface area contributed by atoms with Gasteiger partial charge in [-0.2, -0.15) is 0 Å². The normalized spacial score (nSPS) is 10.7.